The molecule has 8 nitrogen and oxygen atoms in total. The predicted octanol–water partition coefficient (Wildman–Crippen LogP) is 2.16. The first-order chi connectivity index (χ1) is 13.9. The zero-order chi connectivity index (χ0) is 20.5. The number of nitrogens with zero attached hydrogens (tertiary/aromatic N) is 5. The number of piperazine rings is 1. The quantitative estimate of drug-likeness (QED) is 0.676. The van der Waals surface area contributed by atoms with Crippen LogP contribution in [0.4, 0.5) is 0 Å². The summed E-state index contributed by atoms with van der Waals surface area (Å²) >= 11 is 0. The molecule has 29 heavy (non-hydrogen) atoms. The van der Waals surface area contributed by atoms with Crippen LogP contribution in [0.3, 0.4) is 0 Å². The highest BCUT2D eigenvalue weighted by Gasteiger charge is 2.26. The largest absolute Gasteiger partial charge is 0.459 e. The van der Waals surface area contributed by atoms with Gasteiger partial charge in [-0.25, -0.2) is 9.50 Å². The number of carbonyl (C=O) groups is 2. The lowest BCUT2D eigenvalue weighted by molar-refractivity contribution is -0.132. The summed E-state index contributed by atoms with van der Waals surface area (Å²) in [6.07, 6.45) is 2.54. The smallest absolute Gasteiger partial charge is 0.289 e. The van der Waals surface area contributed by atoms with Gasteiger partial charge in [-0.15, -0.1) is 0 Å². The molecule has 8 heteroatoms. The third kappa shape index (κ3) is 3.74. The van der Waals surface area contributed by atoms with Crippen molar-refractivity contribution in [1.82, 2.24) is 24.4 Å². The van der Waals surface area contributed by atoms with Gasteiger partial charge < -0.3 is 14.2 Å². The number of carbonyl (C=O) groups excluding carboxylic acids is 2. The van der Waals surface area contributed by atoms with Gasteiger partial charge in [0.05, 0.1) is 12.0 Å². The van der Waals surface area contributed by atoms with E-state index >= 15 is 0 Å². The maximum absolute atomic E-state index is 12.7. The molecule has 0 saturated carbocycles. The Labute approximate surface area is 169 Å². The van der Waals surface area contributed by atoms with Gasteiger partial charge >= 0.3 is 0 Å². The summed E-state index contributed by atoms with van der Waals surface area (Å²) in [5, 5.41) is 4.49. The lowest BCUT2D eigenvalue weighted by Gasteiger charge is -2.34. The Morgan fingerprint density at radius 1 is 1.10 bits per heavy atom. The highest BCUT2D eigenvalue weighted by atomic mass is 16.3. The molecule has 0 atom stereocenters. The molecule has 3 aromatic rings. The van der Waals surface area contributed by atoms with Gasteiger partial charge in [-0.2, -0.15) is 5.10 Å². The Morgan fingerprint density at radius 3 is 2.52 bits per heavy atom. The van der Waals surface area contributed by atoms with Crippen LogP contribution in [0.15, 0.2) is 28.9 Å². The Bertz CT molecular complexity index is 1050. The number of aromatic nitrogens is 3. The van der Waals surface area contributed by atoms with Crippen LogP contribution in [0.1, 0.15) is 39.6 Å². The Kier molecular flexibility index (Phi) is 5.08. The standard InChI is InChI=1S/C21H25N5O3/c1-14-13-19-22-15(2)17(16(3)26(19)23-14)6-7-20(27)24-8-10-25(11-9-24)21(28)18-5-4-12-29-18/h4-5,12-13H,6-11H2,1-3H3. The first-order valence-electron chi connectivity index (χ1n) is 9.87. The van der Waals surface area contributed by atoms with E-state index in [4.69, 9.17) is 4.42 Å². The van der Waals surface area contributed by atoms with E-state index in [-0.39, 0.29) is 11.8 Å². The number of aryl methyl sites for hydroxylation is 3. The fourth-order valence-electron chi connectivity index (χ4n) is 3.91. The Hall–Kier alpha value is -3.16. The molecule has 0 N–H and O–H groups in total. The van der Waals surface area contributed by atoms with Gasteiger partial charge in [0.2, 0.25) is 5.91 Å². The normalized spacial score (nSPS) is 14.6. The molecule has 1 aliphatic heterocycles. The summed E-state index contributed by atoms with van der Waals surface area (Å²) in [6, 6.07) is 5.32. The first kappa shape index (κ1) is 19.2. The second-order valence-electron chi connectivity index (χ2n) is 7.47. The van der Waals surface area contributed by atoms with Gasteiger partial charge in [-0.1, -0.05) is 0 Å². The maximum atomic E-state index is 12.7. The third-order valence-corrected chi connectivity index (χ3v) is 5.53. The molecule has 0 aliphatic carbocycles. The molecule has 0 radical (unpaired) electrons. The summed E-state index contributed by atoms with van der Waals surface area (Å²) in [5.74, 6) is 0.320. The van der Waals surface area contributed by atoms with Crippen LogP contribution in [0, 0.1) is 20.8 Å². The van der Waals surface area contributed by atoms with E-state index in [1.54, 1.807) is 17.0 Å². The van der Waals surface area contributed by atoms with E-state index in [1.165, 1.54) is 6.26 Å². The van der Waals surface area contributed by atoms with Crippen molar-refractivity contribution in [3.8, 4) is 0 Å². The van der Waals surface area contributed by atoms with E-state index in [0.29, 0.717) is 44.8 Å². The monoisotopic (exact) mass is 395 g/mol. The summed E-state index contributed by atoms with van der Waals surface area (Å²) in [6.45, 7) is 8.06. The fraction of sp³-hybridized carbons (Fsp3) is 0.429. The van der Waals surface area contributed by atoms with Crippen LogP contribution in [-0.4, -0.2) is 62.4 Å². The minimum absolute atomic E-state index is 0.102. The van der Waals surface area contributed by atoms with Crippen molar-refractivity contribution in [1.29, 1.82) is 0 Å². The summed E-state index contributed by atoms with van der Waals surface area (Å²) in [4.78, 5) is 33.3. The minimum atomic E-state index is -0.123. The van der Waals surface area contributed by atoms with Crippen molar-refractivity contribution in [3.05, 3.63) is 52.9 Å². The van der Waals surface area contributed by atoms with E-state index in [9.17, 15) is 9.59 Å². The van der Waals surface area contributed by atoms with Crippen molar-refractivity contribution in [2.45, 2.75) is 33.6 Å². The molecular weight excluding hydrogens is 370 g/mol. The van der Waals surface area contributed by atoms with E-state index in [1.807, 2.05) is 36.3 Å². The number of furan rings is 1. The molecule has 4 rings (SSSR count). The highest BCUT2D eigenvalue weighted by Crippen LogP contribution is 2.18. The molecule has 152 valence electrons. The van der Waals surface area contributed by atoms with Gasteiger partial charge in [0.15, 0.2) is 11.4 Å². The SMILES string of the molecule is Cc1cc2nc(C)c(CCC(=O)N3CCN(C(=O)c4ccco4)CC3)c(C)n2n1. The topological polar surface area (TPSA) is 84.0 Å². The van der Waals surface area contributed by atoms with Crippen molar-refractivity contribution >= 4 is 17.5 Å². The van der Waals surface area contributed by atoms with Gasteiger partial charge in [0.1, 0.15) is 0 Å². The van der Waals surface area contributed by atoms with E-state index in [2.05, 4.69) is 10.1 Å². The van der Waals surface area contributed by atoms with E-state index < -0.39 is 0 Å². The number of rotatable bonds is 4. The second-order valence-corrected chi connectivity index (χ2v) is 7.47. The Morgan fingerprint density at radius 2 is 1.83 bits per heavy atom. The third-order valence-electron chi connectivity index (χ3n) is 5.53. The molecule has 1 fully saturated rings. The predicted molar refractivity (Wildman–Crippen MR) is 107 cm³/mol. The highest BCUT2D eigenvalue weighted by molar-refractivity contribution is 5.91. The van der Waals surface area contributed by atoms with Crippen molar-refractivity contribution in [3.63, 3.8) is 0 Å². The zero-order valence-electron chi connectivity index (χ0n) is 17.0. The second kappa shape index (κ2) is 7.69. The Balaban J connectivity index is 1.36. The minimum Gasteiger partial charge on any atom is -0.459 e. The van der Waals surface area contributed by atoms with Crippen LogP contribution >= 0.6 is 0 Å². The van der Waals surface area contributed by atoms with Crippen LogP contribution in [0.25, 0.3) is 5.65 Å². The number of fused-ring (bicyclic) bond motifs is 1. The van der Waals surface area contributed by atoms with Crippen LogP contribution in [0.5, 0.6) is 0 Å². The zero-order valence-corrected chi connectivity index (χ0v) is 17.0. The molecule has 1 aliphatic rings. The number of hydrogen-bond donors (Lipinski definition) is 0. The average Bonchev–Trinajstić information content (AvgIpc) is 3.37. The summed E-state index contributed by atoms with van der Waals surface area (Å²) in [5.41, 5.74) is 4.81. The maximum Gasteiger partial charge on any atom is 0.289 e. The number of hydrogen-bond acceptors (Lipinski definition) is 5. The van der Waals surface area contributed by atoms with Crippen molar-refractivity contribution in [2.75, 3.05) is 26.2 Å². The molecule has 3 aromatic heterocycles. The molecule has 0 spiro atoms. The van der Waals surface area contributed by atoms with Gasteiger partial charge in [-0.05, 0) is 44.9 Å². The average molecular weight is 395 g/mol. The molecule has 2 amide bonds. The lowest BCUT2D eigenvalue weighted by Crippen LogP contribution is -2.50. The molecule has 0 bridgehead atoms. The van der Waals surface area contributed by atoms with Crippen LogP contribution in [-0.2, 0) is 11.2 Å². The molecule has 4 heterocycles. The fourth-order valence-corrected chi connectivity index (χ4v) is 3.91. The lowest BCUT2D eigenvalue weighted by atomic mass is 10.1. The van der Waals surface area contributed by atoms with Gasteiger partial charge in [0, 0.05) is 50.1 Å². The summed E-state index contributed by atoms with van der Waals surface area (Å²) < 4.78 is 7.03. The number of amides is 2. The van der Waals surface area contributed by atoms with Crippen molar-refractivity contribution < 1.29 is 14.0 Å². The molecule has 0 unspecified atom stereocenters. The molecule has 1 saturated heterocycles. The van der Waals surface area contributed by atoms with Crippen LogP contribution in [0.2, 0.25) is 0 Å². The van der Waals surface area contributed by atoms with E-state index in [0.717, 1.165) is 28.3 Å². The van der Waals surface area contributed by atoms with Crippen molar-refractivity contribution in [2.24, 2.45) is 0 Å². The first-order valence-corrected chi connectivity index (χ1v) is 9.87. The summed E-state index contributed by atoms with van der Waals surface area (Å²) in [7, 11) is 0. The molecule has 0 aromatic carbocycles. The van der Waals surface area contributed by atoms with Gasteiger partial charge in [-0.3, -0.25) is 9.59 Å². The van der Waals surface area contributed by atoms with Gasteiger partial charge in [0.25, 0.3) is 5.91 Å². The van der Waals surface area contributed by atoms with Crippen LogP contribution < -0.4 is 0 Å². The molecular formula is C21H25N5O3.